The Hall–Kier alpha value is -3.86. The van der Waals surface area contributed by atoms with Crippen molar-refractivity contribution in [2.24, 2.45) is 0 Å². The van der Waals surface area contributed by atoms with Gasteiger partial charge in [-0.1, -0.05) is 62.4 Å². The minimum Gasteiger partial charge on any atom is -0.358 e. The van der Waals surface area contributed by atoms with Gasteiger partial charge in [-0.15, -0.1) is 0 Å². The van der Waals surface area contributed by atoms with Crippen molar-refractivity contribution in [1.82, 2.24) is 9.88 Å². The molecule has 1 atom stereocenters. The Morgan fingerprint density at radius 2 is 1.71 bits per heavy atom. The highest BCUT2D eigenvalue weighted by Crippen LogP contribution is 2.42. The zero-order chi connectivity index (χ0) is 23.8. The Labute approximate surface area is 199 Å². The molecule has 0 bridgehead atoms. The number of aryl methyl sites for hydroxylation is 1. The molecular weight excluding hydrogens is 422 g/mol. The topological polar surface area (TPSA) is 65.2 Å². The van der Waals surface area contributed by atoms with E-state index >= 15 is 0 Å². The number of benzene rings is 3. The second-order valence-electron chi connectivity index (χ2n) is 9.27. The zero-order valence-corrected chi connectivity index (χ0v) is 19.8. The number of carbonyl (C=O) groups is 2. The quantitative estimate of drug-likeness (QED) is 0.368. The van der Waals surface area contributed by atoms with E-state index in [1.165, 1.54) is 5.56 Å². The molecule has 5 heteroatoms. The van der Waals surface area contributed by atoms with E-state index in [4.69, 9.17) is 0 Å². The lowest BCUT2D eigenvalue weighted by Gasteiger charge is -2.26. The minimum absolute atomic E-state index is 0.0284. The number of nitrogens with zero attached hydrogens (tertiary/aromatic N) is 1. The molecular formula is C29H29N3O2. The third kappa shape index (κ3) is 3.87. The van der Waals surface area contributed by atoms with Crippen molar-refractivity contribution in [1.29, 1.82) is 0 Å². The summed E-state index contributed by atoms with van der Waals surface area (Å²) < 4.78 is 0. The largest absolute Gasteiger partial charge is 0.358 e. The van der Waals surface area contributed by atoms with E-state index in [0.29, 0.717) is 18.0 Å². The van der Waals surface area contributed by atoms with Crippen molar-refractivity contribution in [3.05, 3.63) is 101 Å². The van der Waals surface area contributed by atoms with Gasteiger partial charge in [0, 0.05) is 46.4 Å². The van der Waals surface area contributed by atoms with Crippen LogP contribution in [-0.2, 0) is 4.79 Å². The predicted octanol–water partition coefficient (Wildman–Crippen LogP) is 6.17. The summed E-state index contributed by atoms with van der Waals surface area (Å²) in [7, 11) is 0. The molecule has 3 aromatic carbocycles. The van der Waals surface area contributed by atoms with Gasteiger partial charge in [-0.05, 0) is 48.2 Å². The summed E-state index contributed by atoms with van der Waals surface area (Å²) in [5.41, 5.74) is 6.89. The van der Waals surface area contributed by atoms with Crippen molar-refractivity contribution in [2.45, 2.75) is 39.2 Å². The Bertz CT molecular complexity index is 1370. The lowest BCUT2D eigenvalue weighted by Crippen LogP contribution is -2.32. The predicted molar refractivity (Wildman–Crippen MR) is 136 cm³/mol. The van der Waals surface area contributed by atoms with Gasteiger partial charge in [0.1, 0.15) is 0 Å². The van der Waals surface area contributed by atoms with E-state index in [1.807, 2.05) is 72.5 Å². The van der Waals surface area contributed by atoms with Crippen LogP contribution in [0.3, 0.4) is 0 Å². The Balaban J connectivity index is 1.40. The molecule has 1 aliphatic heterocycles. The molecule has 0 radical (unpaired) electrons. The molecule has 1 aromatic heterocycles. The maximum absolute atomic E-state index is 13.4. The standard InChI is InChI=1S/C29H29N3O2/c1-18(2)20-12-14-21(15-13-20)31-26(33)16-17-32-28(22-8-4-5-9-23(22)29(32)34)27-19(3)30-25-11-7-6-10-24(25)27/h4-15,18,28,30H,16-17H2,1-3H3,(H,31,33). The lowest BCUT2D eigenvalue weighted by molar-refractivity contribution is -0.116. The first-order valence-electron chi connectivity index (χ1n) is 11.8. The van der Waals surface area contributed by atoms with Gasteiger partial charge >= 0.3 is 0 Å². The van der Waals surface area contributed by atoms with Crippen LogP contribution in [0.4, 0.5) is 5.69 Å². The molecule has 2 heterocycles. The molecule has 4 aromatic rings. The van der Waals surface area contributed by atoms with Gasteiger partial charge in [-0.3, -0.25) is 9.59 Å². The van der Waals surface area contributed by atoms with Gasteiger partial charge in [-0.25, -0.2) is 0 Å². The number of rotatable bonds is 6. The highest BCUT2D eigenvalue weighted by Gasteiger charge is 2.39. The van der Waals surface area contributed by atoms with Gasteiger partial charge < -0.3 is 15.2 Å². The van der Waals surface area contributed by atoms with Crippen LogP contribution >= 0.6 is 0 Å². The van der Waals surface area contributed by atoms with Crippen LogP contribution in [0.25, 0.3) is 10.9 Å². The van der Waals surface area contributed by atoms with Gasteiger partial charge in [0.05, 0.1) is 6.04 Å². The molecule has 2 N–H and O–H groups in total. The van der Waals surface area contributed by atoms with Crippen LogP contribution in [0.5, 0.6) is 0 Å². The number of hydrogen-bond donors (Lipinski definition) is 2. The Morgan fingerprint density at radius 1 is 1.00 bits per heavy atom. The van der Waals surface area contributed by atoms with Crippen molar-refractivity contribution in [2.75, 3.05) is 11.9 Å². The maximum Gasteiger partial charge on any atom is 0.255 e. The van der Waals surface area contributed by atoms with Crippen molar-refractivity contribution in [3.8, 4) is 0 Å². The molecule has 0 spiro atoms. The second-order valence-corrected chi connectivity index (χ2v) is 9.27. The number of carbonyl (C=O) groups excluding carboxylic acids is 2. The van der Waals surface area contributed by atoms with E-state index in [1.54, 1.807) is 0 Å². The fourth-order valence-electron chi connectivity index (χ4n) is 4.96. The summed E-state index contributed by atoms with van der Waals surface area (Å²) in [6.45, 7) is 6.68. The van der Waals surface area contributed by atoms with E-state index in [0.717, 1.165) is 33.4 Å². The number of aromatic amines is 1. The smallest absolute Gasteiger partial charge is 0.255 e. The summed E-state index contributed by atoms with van der Waals surface area (Å²) in [5, 5.41) is 4.08. The molecule has 5 rings (SSSR count). The second kappa shape index (κ2) is 8.82. The Kier molecular flexibility index (Phi) is 5.70. The van der Waals surface area contributed by atoms with Crippen molar-refractivity contribution in [3.63, 3.8) is 0 Å². The Morgan fingerprint density at radius 3 is 2.47 bits per heavy atom. The van der Waals surface area contributed by atoms with Crippen LogP contribution in [0.2, 0.25) is 0 Å². The van der Waals surface area contributed by atoms with E-state index in [-0.39, 0.29) is 24.3 Å². The molecule has 34 heavy (non-hydrogen) atoms. The number of para-hydroxylation sites is 1. The normalized spacial score (nSPS) is 15.2. The number of fused-ring (bicyclic) bond motifs is 2. The average molecular weight is 452 g/mol. The zero-order valence-electron chi connectivity index (χ0n) is 19.8. The van der Waals surface area contributed by atoms with Gasteiger partial charge in [-0.2, -0.15) is 0 Å². The molecule has 0 aliphatic carbocycles. The number of anilines is 1. The van der Waals surface area contributed by atoms with Gasteiger partial charge in [0.15, 0.2) is 0 Å². The van der Waals surface area contributed by atoms with E-state index in [2.05, 4.69) is 36.3 Å². The van der Waals surface area contributed by atoms with E-state index in [9.17, 15) is 9.59 Å². The molecule has 1 unspecified atom stereocenters. The number of hydrogen-bond acceptors (Lipinski definition) is 2. The van der Waals surface area contributed by atoms with Crippen molar-refractivity contribution < 1.29 is 9.59 Å². The molecule has 172 valence electrons. The number of nitrogens with one attached hydrogen (secondary N) is 2. The highest BCUT2D eigenvalue weighted by molar-refractivity contribution is 6.01. The summed E-state index contributed by atoms with van der Waals surface area (Å²) in [6, 6.07) is 23.7. The first-order chi connectivity index (χ1) is 16.4. The molecule has 0 saturated carbocycles. The number of aromatic nitrogens is 1. The molecule has 1 aliphatic rings. The average Bonchev–Trinajstić information content (AvgIpc) is 3.30. The third-order valence-electron chi connectivity index (χ3n) is 6.72. The summed E-state index contributed by atoms with van der Waals surface area (Å²) in [5.74, 6) is 0.312. The fraction of sp³-hybridized carbons (Fsp3) is 0.241. The molecule has 2 amide bonds. The summed E-state index contributed by atoms with van der Waals surface area (Å²) in [4.78, 5) is 31.5. The summed E-state index contributed by atoms with van der Waals surface area (Å²) >= 11 is 0. The van der Waals surface area contributed by atoms with Crippen LogP contribution in [0, 0.1) is 6.92 Å². The lowest BCUT2D eigenvalue weighted by atomic mass is 9.95. The van der Waals surface area contributed by atoms with Crippen LogP contribution in [0.15, 0.2) is 72.8 Å². The molecule has 0 saturated heterocycles. The summed E-state index contributed by atoms with van der Waals surface area (Å²) in [6.07, 6.45) is 0.226. The van der Waals surface area contributed by atoms with Crippen molar-refractivity contribution >= 4 is 28.4 Å². The monoisotopic (exact) mass is 451 g/mol. The first-order valence-corrected chi connectivity index (χ1v) is 11.8. The molecule has 5 nitrogen and oxygen atoms in total. The number of amides is 2. The van der Waals surface area contributed by atoms with Crippen LogP contribution < -0.4 is 5.32 Å². The van der Waals surface area contributed by atoms with Crippen LogP contribution in [-0.4, -0.2) is 28.2 Å². The molecule has 0 fully saturated rings. The van der Waals surface area contributed by atoms with E-state index < -0.39 is 0 Å². The van der Waals surface area contributed by atoms with Crippen LogP contribution in [0.1, 0.15) is 65.0 Å². The van der Waals surface area contributed by atoms with Gasteiger partial charge in [0.25, 0.3) is 5.91 Å². The minimum atomic E-state index is -0.224. The van der Waals surface area contributed by atoms with Gasteiger partial charge in [0.2, 0.25) is 5.91 Å². The number of H-pyrrole nitrogens is 1. The first kappa shape index (κ1) is 22.0. The SMILES string of the molecule is Cc1[nH]c2ccccc2c1C1c2ccccc2C(=O)N1CCC(=O)Nc1ccc(C(C)C)cc1. The third-order valence-corrected chi connectivity index (χ3v) is 6.72. The highest BCUT2D eigenvalue weighted by atomic mass is 16.2. The maximum atomic E-state index is 13.4. The fourth-order valence-corrected chi connectivity index (χ4v) is 4.96.